The van der Waals surface area contributed by atoms with Crippen LogP contribution in [0.4, 0.5) is 0 Å². The highest BCUT2D eigenvalue weighted by atomic mass is 16.5. The quantitative estimate of drug-likeness (QED) is 0.663. The third-order valence-electron chi connectivity index (χ3n) is 2.46. The molecule has 0 aromatic rings. The van der Waals surface area contributed by atoms with Gasteiger partial charge in [-0.05, 0) is 12.3 Å². The topological polar surface area (TPSA) is 58.6 Å². The number of ether oxygens (including phenoxy) is 1. The predicted octanol–water partition coefficient (Wildman–Crippen LogP) is 0.792. The largest absolute Gasteiger partial charge is 0.391 e. The van der Waals surface area contributed by atoms with E-state index in [4.69, 9.17) is 4.74 Å². The zero-order valence-electron chi connectivity index (χ0n) is 10.1. The van der Waals surface area contributed by atoms with Crippen molar-refractivity contribution in [3.8, 4) is 0 Å². The van der Waals surface area contributed by atoms with Gasteiger partial charge in [0.25, 0.3) is 0 Å². The van der Waals surface area contributed by atoms with Crippen molar-refractivity contribution in [3.05, 3.63) is 0 Å². The molecule has 4 heteroatoms. The molecule has 2 atom stereocenters. The first kappa shape index (κ1) is 14.4. The summed E-state index contributed by atoms with van der Waals surface area (Å²) in [6.45, 7) is 6.61. The Morgan fingerprint density at radius 3 is 2.47 bits per heavy atom. The molecule has 0 bridgehead atoms. The average Bonchev–Trinajstić information content (AvgIpc) is 2.21. The van der Waals surface area contributed by atoms with Crippen LogP contribution >= 0.6 is 0 Å². The van der Waals surface area contributed by atoms with E-state index >= 15 is 0 Å². The first-order valence-electron chi connectivity index (χ1n) is 5.43. The maximum atomic E-state index is 11.5. The molecule has 2 unspecified atom stereocenters. The van der Waals surface area contributed by atoms with Crippen molar-refractivity contribution >= 4 is 5.91 Å². The molecule has 0 saturated carbocycles. The van der Waals surface area contributed by atoms with Crippen LogP contribution < -0.4 is 5.32 Å². The van der Waals surface area contributed by atoms with Gasteiger partial charge in [0.1, 0.15) is 0 Å². The van der Waals surface area contributed by atoms with Crippen LogP contribution in [0.1, 0.15) is 27.2 Å². The number of nitrogens with one attached hydrogen (secondary N) is 1. The standard InChI is InChI=1S/C11H23NO3/c1-8(2)10(13)7-12-11(14)9(3)5-6-15-4/h8-10,13H,5-7H2,1-4H3,(H,12,14). The molecule has 0 spiro atoms. The number of carbonyl (C=O) groups excluding carboxylic acids is 1. The average molecular weight is 217 g/mol. The lowest BCUT2D eigenvalue weighted by molar-refractivity contribution is -0.125. The van der Waals surface area contributed by atoms with Crippen LogP contribution in [0.2, 0.25) is 0 Å². The van der Waals surface area contributed by atoms with Crippen LogP contribution in [-0.2, 0) is 9.53 Å². The smallest absolute Gasteiger partial charge is 0.223 e. The molecule has 15 heavy (non-hydrogen) atoms. The van der Waals surface area contributed by atoms with Crippen LogP contribution in [-0.4, -0.2) is 37.4 Å². The lowest BCUT2D eigenvalue weighted by Crippen LogP contribution is -2.37. The number of aliphatic hydroxyl groups is 1. The van der Waals surface area contributed by atoms with Crippen LogP contribution in [0, 0.1) is 11.8 Å². The second kappa shape index (κ2) is 7.65. The molecule has 0 aromatic heterocycles. The minimum Gasteiger partial charge on any atom is -0.391 e. The molecule has 0 aromatic carbocycles. The highest BCUT2D eigenvalue weighted by Crippen LogP contribution is 2.03. The highest BCUT2D eigenvalue weighted by molar-refractivity contribution is 5.78. The van der Waals surface area contributed by atoms with E-state index in [9.17, 15) is 9.90 Å². The third kappa shape index (κ3) is 6.47. The molecular weight excluding hydrogens is 194 g/mol. The van der Waals surface area contributed by atoms with E-state index in [1.807, 2.05) is 20.8 Å². The van der Waals surface area contributed by atoms with Crippen molar-refractivity contribution in [2.45, 2.75) is 33.3 Å². The maximum Gasteiger partial charge on any atom is 0.223 e. The Balaban J connectivity index is 3.73. The first-order chi connectivity index (χ1) is 6.99. The van der Waals surface area contributed by atoms with Crippen molar-refractivity contribution in [3.63, 3.8) is 0 Å². The zero-order valence-corrected chi connectivity index (χ0v) is 10.1. The number of rotatable bonds is 7. The molecule has 2 N–H and O–H groups in total. The molecule has 0 fully saturated rings. The van der Waals surface area contributed by atoms with Crippen LogP contribution in [0.25, 0.3) is 0 Å². The van der Waals surface area contributed by atoms with Crippen molar-refractivity contribution in [2.24, 2.45) is 11.8 Å². The van der Waals surface area contributed by atoms with Crippen LogP contribution in [0.15, 0.2) is 0 Å². The van der Waals surface area contributed by atoms with E-state index in [-0.39, 0.29) is 17.7 Å². The molecule has 0 aliphatic carbocycles. The van der Waals surface area contributed by atoms with Gasteiger partial charge in [0.15, 0.2) is 0 Å². The van der Waals surface area contributed by atoms with Gasteiger partial charge in [0, 0.05) is 26.2 Å². The SMILES string of the molecule is COCCC(C)C(=O)NCC(O)C(C)C. The van der Waals surface area contributed by atoms with Crippen molar-refractivity contribution in [2.75, 3.05) is 20.3 Å². The fourth-order valence-corrected chi connectivity index (χ4v) is 1.04. The molecule has 0 rings (SSSR count). The summed E-state index contributed by atoms with van der Waals surface area (Å²) in [5, 5.41) is 12.2. The number of hydrogen-bond donors (Lipinski definition) is 2. The number of hydrogen-bond acceptors (Lipinski definition) is 3. The summed E-state index contributed by atoms with van der Waals surface area (Å²) in [6, 6.07) is 0. The van der Waals surface area contributed by atoms with Crippen molar-refractivity contribution < 1.29 is 14.6 Å². The second-order valence-electron chi connectivity index (χ2n) is 4.24. The van der Waals surface area contributed by atoms with Gasteiger partial charge in [-0.3, -0.25) is 4.79 Å². The Bertz CT molecular complexity index is 183. The molecule has 0 heterocycles. The fraction of sp³-hybridized carbons (Fsp3) is 0.909. The molecule has 1 amide bonds. The second-order valence-corrected chi connectivity index (χ2v) is 4.24. The maximum absolute atomic E-state index is 11.5. The molecule has 0 aliphatic heterocycles. The normalized spacial score (nSPS) is 15.1. The van der Waals surface area contributed by atoms with E-state index in [0.717, 1.165) is 0 Å². The summed E-state index contributed by atoms with van der Waals surface area (Å²) in [4.78, 5) is 11.5. The van der Waals surface area contributed by atoms with E-state index in [1.165, 1.54) is 0 Å². The number of aliphatic hydroxyl groups excluding tert-OH is 1. The molecule has 0 aliphatic rings. The van der Waals surface area contributed by atoms with E-state index < -0.39 is 6.10 Å². The van der Waals surface area contributed by atoms with Crippen LogP contribution in [0.3, 0.4) is 0 Å². The molecular formula is C11H23NO3. The third-order valence-corrected chi connectivity index (χ3v) is 2.46. The molecule has 0 radical (unpaired) electrons. The summed E-state index contributed by atoms with van der Waals surface area (Å²) in [7, 11) is 1.62. The Hall–Kier alpha value is -0.610. The minimum absolute atomic E-state index is 0.0215. The predicted molar refractivity (Wildman–Crippen MR) is 59.5 cm³/mol. The lowest BCUT2D eigenvalue weighted by Gasteiger charge is -2.17. The number of amides is 1. The van der Waals surface area contributed by atoms with Gasteiger partial charge in [-0.2, -0.15) is 0 Å². The Morgan fingerprint density at radius 1 is 1.40 bits per heavy atom. The van der Waals surface area contributed by atoms with E-state index in [1.54, 1.807) is 7.11 Å². The Morgan fingerprint density at radius 2 is 2.00 bits per heavy atom. The molecule has 0 saturated heterocycles. The summed E-state index contributed by atoms with van der Waals surface area (Å²) < 4.78 is 4.90. The zero-order chi connectivity index (χ0) is 11.8. The van der Waals surface area contributed by atoms with Crippen molar-refractivity contribution in [1.29, 1.82) is 0 Å². The van der Waals surface area contributed by atoms with Gasteiger partial charge < -0.3 is 15.2 Å². The van der Waals surface area contributed by atoms with Gasteiger partial charge >= 0.3 is 0 Å². The van der Waals surface area contributed by atoms with Gasteiger partial charge in [-0.25, -0.2) is 0 Å². The van der Waals surface area contributed by atoms with Gasteiger partial charge in [-0.15, -0.1) is 0 Å². The number of carbonyl (C=O) groups is 1. The summed E-state index contributed by atoms with van der Waals surface area (Å²) >= 11 is 0. The minimum atomic E-state index is -0.469. The van der Waals surface area contributed by atoms with Gasteiger partial charge in [0.05, 0.1) is 6.10 Å². The summed E-state index contributed by atoms with van der Waals surface area (Å²) in [5.74, 6) is 0.0793. The Labute approximate surface area is 92.0 Å². The monoisotopic (exact) mass is 217 g/mol. The molecule has 4 nitrogen and oxygen atoms in total. The van der Waals surface area contributed by atoms with Crippen LogP contribution in [0.5, 0.6) is 0 Å². The van der Waals surface area contributed by atoms with E-state index in [0.29, 0.717) is 19.6 Å². The van der Waals surface area contributed by atoms with Gasteiger partial charge in [-0.1, -0.05) is 20.8 Å². The highest BCUT2D eigenvalue weighted by Gasteiger charge is 2.15. The fourth-order valence-electron chi connectivity index (χ4n) is 1.04. The van der Waals surface area contributed by atoms with E-state index in [2.05, 4.69) is 5.32 Å². The van der Waals surface area contributed by atoms with Crippen molar-refractivity contribution in [1.82, 2.24) is 5.32 Å². The summed E-state index contributed by atoms with van der Waals surface area (Å²) in [6.07, 6.45) is 0.240. The van der Waals surface area contributed by atoms with Gasteiger partial charge in [0.2, 0.25) is 5.91 Å². The molecule has 90 valence electrons. The first-order valence-corrected chi connectivity index (χ1v) is 5.43. The lowest BCUT2D eigenvalue weighted by atomic mass is 10.1. The Kier molecular flexibility index (Phi) is 7.34. The number of methoxy groups -OCH3 is 1. The summed E-state index contributed by atoms with van der Waals surface area (Å²) in [5.41, 5.74) is 0.